The Morgan fingerprint density at radius 1 is 0.800 bits per heavy atom. The molecule has 1 N–H and O–H groups in total. The van der Waals surface area contributed by atoms with E-state index < -0.39 is 0 Å². The summed E-state index contributed by atoms with van der Waals surface area (Å²) < 4.78 is 1.70. The van der Waals surface area contributed by atoms with Crippen LogP contribution in [-0.4, -0.2) is 32.6 Å². The van der Waals surface area contributed by atoms with Gasteiger partial charge in [0.05, 0.1) is 11.9 Å². The molecule has 146 valence electrons. The zero-order valence-corrected chi connectivity index (χ0v) is 16.8. The number of hydrogen-bond donors (Lipinski definition) is 1. The van der Waals surface area contributed by atoms with Crippen molar-refractivity contribution in [1.29, 1.82) is 0 Å². The normalized spacial score (nSPS) is 13.1. The molecule has 0 saturated heterocycles. The van der Waals surface area contributed by atoms with Crippen LogP contribution in [0.1, 0.15) is 11.1 Å². The average Bonchev–Trinajstić information content (AvgIpc) is 3.23. The average molecular weight is 411 g/mol. The second-order valence-electron chi connectivity index (χ2n) is 6.68. The first-order valence-corrected chi connectivity index (χ1v) is 10.5. The molecule has 0 amide bonds. The molecule has 0 fully saturated rings. The molecule has 2 heterocycles. The van der Waals surface area contributed by atoms with Crippen molar-refractivity contribution in [2.75, 3.05) is 11.2 Å². The van der Waals surface area contributed by atoms with E-state index in [1.54, 1.807) is 22.7 Å². The lowest BCUT2D eigenvalue weighted by Gasteiger charge is -2.13. The SMILES string of the molecule is C(=N\Nc1nnc2n1N=C(c1ccccc1)CS2)/c1ccc(-c2ccccc2)cc1. The molecule has 5 rings (SSSR count). The zero-order chi connectivity index (χ0) is 20.2. The highest BCUT2D eigenvalue weighted by molar-refractivity contribution is 7.99. The van der Waals surface area contributed by atoms with Gasteiger partial charge in [0.1, 0.15) is 0 Å². The number of anilines is 1. The molecule has 0 bridgehead atoms. The van der Waals surface area contributed by atoms with Gasteiger partial charge in [-0.2, -0.15) is 14.9 Å². The first-order chi connectivity index (χ1) is 14.9. The van der Waals surface area contributed by atoms with Gasteiger partial charge in [0.15, 0.2) is 0 Å². The van der Waals surface area contributed by atoms with E-state index in [0.717, 1.165) is 27.7 Å². The Labute approximate surface area is 178 Å². The number of nitrogens with one attached hydrogen (secondary N) is 1. The van der Waals surface area contributed by atoms with E-state index in [1.807, 2.05) is 48.5 Å². The highest BCUT2D eigenvalue weighted by Crippen LogP contribution is 2.25. The summed E-state index contributed by atoms with van der Waals surface area (Å²) in [5.74, 6) is 1.25. The molecule has 3 aromatic carbocycles. The van der Waals surface area contributed by atoms with Gasteiger partial charge in [-0.3, -0.25) is 0 Å². The number of rotatable bonds is 5. The first-order valence-electron chi connectivity index (χ1n) is 9.53. The third-order valence-corrected chi connectivity index (χ3v) is 5.60. The standard InChI is InChI=1S/C23H18N6S/c1-3-7-18(8-4-1)19-13-11-17(12-14-19)15-24-25-22-26-27-23-29(22)28-21(16-30-23)20-9-5-2-6-10-20/h1-15H,16H2,(H,25,26)/b24-15+. The van der Waals surface area contributed by atoms with Crippen molar-refractivity contribution in [1.82, 2.24) is 14.9 Å². The molecule has 1 aromatic heterocycles. The smallest absolute Gasteiger partial charge is 0.244 e. The second kappa shape index (κ2) is 8.34. The summed E-state index contributed by atoms with van der Waals surface area (Å²) in [5.41, 5.74) is 8.39. The molecule has 0 unspecified atom stereocenters. The number of benzene rings is 3. The molecule has 7 heteroatoms. The molecule has 0 saturated carbocycles. The molecule has 6 nitrogen and oxygen atoms in total. The van der Waals surface area contributed by atoms with E-state index in [9.17, 15) is 0 Å². The Bertz CT molecular complexity index is 1200. The quantitative estimate of drug-likeness (QED) is 0.381. The van der Waals surface area contributed by atoms with Crippen LogP contribution in [0.3, 0.4) is 0 Å². The zero-order valence-electron chi connectivity index (χ0n) is 16.0. The Morgan fingerprint density at radius 3 is 2.20 bits per heavy atom. The van der Waals surface area contributed by atoms with Crippen molar-refractivity contribution in [2.45, 2.75) is 5.16 Å². The van der Waals surface area contributed by atoms with Crippen LogP contribution in [0.2, 0.25) is 0 Å². The molecular weight excluding hydrogens is 392 g/mol. The highest BCUT2D eigenvalue weighted by atomic mass is 32.2. The number of aromatic nitrogens is 3. The molecule has 4 aromatic rings. The van der Waals surface area contributed by atoms with Crippen molar-refractivity contribution >= 4 is 29.6 Å². The van der Waals surface area contributed by atoms with Crippen molar-refractivity contribution in [3.63, 3.8) is 0 Å². The van der Waals surface area contributed by atoms with E-state index in [2.05, 4.69) is 57.1 Å². The predicted octanol–water partition coefficient (Wildman–Crippen LogP) is 4.75. The van der Waals surface area contributed by atoms with Gasteiger partial charge in [0, 0.05) is 5.75 Å². The van der Waals surface area contributed by atoms with Crippen LogP contribution in [0.25, 0.3) is 11.1 Å². The summed E-state index contributed by atoms with van der Waals surface area (Å²) in [5, 5.41) is 18.1. The largest absolute Gasteiger partial charge is 0.266 e. The Hall–Kier alpha value is -3.71. The van der Waals surface area contributed by atoms with Crippen LogP contribution in [0, 0.1) is 0 Å². The van der Waals surface area contributed by atoms with Gasteiger partial charge in [0.25, 0.3) is 5.95 Å². The molecule has 0 spiro atoms. The molecule has 1 aliphatic heterocycles. The Balaban J connectivity index is 1.31. The lowest BCUT2D eigenvalue weighted by atomic mass is 10.0. The summed E-state index contributed by atoms with van der Waals surface area (Å²) in [7, 11) is 0. The minimum atomic E-state index is 0.489. The summed E-state index contributed by atoms with van der Waals surface area (Å²) in [6, 6.07) is 28.7. The lowest BCUT2D eigenvalue weighted by molar-refractivity contribution is 0.760. The summed E-state index contributed by atoms with van der Waals surface area (Å²) in [6.45, 7) is 0. The van der Waals surface area contributed by atoms with Crippen LogP contribution < -0.4 is 5.43 Å². The molecule has 1 aliphatic rings. The van der Waals surface area contributed by atoms with Gasteiger partial charge in [-0.15, -0.1) is 10.2 Å². The Morgan fingerprint density at radius 2 is 1.47 bits per heavy atom. The molecular formula is C23H18N6S. The van der Waals surface area contributed by atoms with Crippen LogP contribution in [0.5, 0.6) is 0 Å². The molecule has 30 heavy (non-hydrogen) atoms. The lowest BCUT2D eigenvalue weighted by Crippen LogP contribution is -2.14. The maximum absolute atomic E-state index is 4.70. The third-order valence-electron chi connectivity index (χ3n) is 4.67. The van der Waals surface area contributed by atoms with Gasteiger partial charge >= 0.3 is 0 Å². The molecule has 0 atom stereocenters. The van der Waals surface area contributed by atoms with Crippen molar-refractivity contribution in [3.8, 4) is 11.1 Å². The van der Waals surface area contributed by atoms with Gasteiger partial charge < -0.3 is 0 Å². The third kappa shape index (κ3) is 3.88. The predicted molar refractivity (Wildman–Crippen MR) is 122 cm³/mol. The fourth-order valence-electron chi connectivity index (χ4n) is 3.13. The van der Waals surface area contributed by atoms with E-state index in [4.69, 9.17) is 5.10 Å². The van der Waals surface area contributed by atoms with Crippen molar-refractivity contribution in [2.24, 2.45) is 10.2 Å². The van der Waals surface area contributed by atoms with Gasteiger partial charge in [-0.25, -0.2) is 5.43 Å². The van der Waals surface area contributed by atoms with Crippen LogP contribution >= 0.6 is 11.8 Å². The van der Waals surface area contributed by atoms with Crippen LogP contribution in [0.15, 0.2) is 100 Å². The second-order valence-corrected chi connectivity index (χ2v) is 7.62. The number of thioether (sulfide) groups is 1. The van der Waals surface area contributed by atoms with Gasteiger partial charge in [0.2, 0.25) is 5.16 Å². The first kappa shape index (κ1) is 18.3. The summed E-state index contributed by atoms with van der Waals surface area (Å²) >= 11 is 1.61. The van der Waals surface area contributed by atoms with Crippen molar-refractivity contribution in [3.05, 3.63) is 96.1 Å². The molecule has 0 aliphatic carbocycles. The monoisotopic (exact) mass is 410 g/mol. The van der Waals surface area contributed by atoms with E-state index in [0.29, 0.717) is 5.95 Å². The minimum absolute atomic E-state index is 0.489. The molecule has 0 radical (unpaired) electrons. The topological polar surface area (TPSA) is 67.5 Å². The maximum atomic E-state index is 4.70. The number of hydrazone groups is 1. The van der Waals surface area contributed by atoms with E-state index in [1.165, 1.54) is 11.1 Å². The Kier molecular flexibility index (Phi) is 5.10. The number of hydrogen-bond acceptors (Lipinski definition) is 6. The van der Waals surface area contributed by atoms with Crippen molar-refractivity contribution < 1.29 is 0 Å². The fourth-order valence-corrected chi connectivity index (χ4v) is 3.96. The van der Waals surface area contributed by atoms with E-state index >= 15 is 0 Å². The van der Waals surface area contributed by atoms with Gasteiger partial charge in [-0.1, -0.05) is 96.7 Å². The highest BCUT2D eigenvalue weighted by Gasteiger charge is 2.19. The van der Waals surface area contributed by atoms with Crippen LogP contribution in [-0.2, 0) is 0 Å². The summed E-state index contributed by atoms with van der Waals surface area (Å²) in [4.78, 5) is 0. The number of nitrogens with zero attached hydrogens (tertiary/aromatic N) is 5. The minimum Gasteiger partial charge on any atom is -0.244 e. The maximum Gasteiger partial charge on any atom is 0.266 e. The van der Waals surface area contributed by atoms with Gasteiger partial charge in [-0.05, 0) is 22.3 Å². The fraction of sp³-hybridized carbons (Fsp3) is 0.0435. The van der Waals surface area contributed by atoms with Crippen LogP contribution in [0.4, 0.5) is 5.95 Å². The van der Waals surface area contributed by atoms with E-state index in [-0.39, 0.29) is 0 Å². The number of fused-ring (bicyclic) bond motifs is 1. The summed E-state index contributed by atoms with van der Waals surface area (Å²) in [6.07, 6.45) is 1.76.